The first-order valence-corrected chi connectivity index (χ1v) is 6.86. The number of nitrogens with one attached hydrogen (secondary N) is 1. The van der Waals surface area contributed by atoms with E-state index in [9.17, 15) is 4.79 Å². The van der Waals surface area contributed by atoms with E-state index >= 15 is 0 Å². The van der Waals surface area contributed by atoms with Crippen molar-refractivity contribution >= 4 is 5.97 Å². The first kappa shape index (κ1) is 14.5. The maximum atomic E-state index is 11.6. The van der Waals surface area contributed by atoms with E-state index in [0.29, 0.717) is 18.0 Å². The second kappa shape index (κ2) is 6.39. The van der Waals surface area contributed by atoms with E-state index in [1.165, 1.54) is 0 Å². The second-order valence-corrected chi connectivity index (χ2v) is 6.04. The van der Waals surface area contributed by atoms with Gasteiger partial charge in [-0.25, -0.2) is 0 Å². The van der Waals surface area contributed by atoms with Crippen LogP contribution in [0.1, 0.15) is 59.8 Å². The number of carbonyl (C=O) groups excluding carboxylic acids is 1. The zero-order chi connectivity index (χ0) is 12.9. The van der Waals surface area contributed by atoms with Gasteiger partial charge in [0.25, 0.3) is 0 Å². The maximum Gasteiger partial charge on any atom is 0.320 e. The van der Waals surface area contributed by atoms with Crippen molar-refractivity contribution in [1.82, 2.24) is 5.32 Å². The normalized spacial score (nSPS) is 22.1. The van der Waals surface area contributed by atoms with Crippen LogP contribution in [0.15, 0.2) is 0 Å². The molecule has 0 aromatic heterocycles. The summed E-state index contributed by atoms with van der Waals surface area (Å²) in [5.41, 5.74) is 0.428. The summed E-state index contributed by atoms with van der Waals surface area (Å²) in [4.78, 5) is 11.6. The van der Waals surface area contributed by atoms with E-state index < -0.39 is 0 Å². The van der Waals surface area contributed by atoms with Crippen molar-refractivity contribution in [2.24, 2.45) is 5.41 Å². The predicted molar refractivity (Wildman–Crippen MR) is 69.9 cm³/mol. The van der Waals surface area contributed by atoms with Crippen LogP contribution >= 0.6 is 0 Å². The lowest BCUT2D eigenvalue weighted by Crippen LogP contribution is -2.35. The summed E-state index contributed by atoms with van der Waals surface area (Å²) >= 11 is 0. The van der Waals surface area contributed by atoms with E-state index in [-0.39, 0.29) is 12.1 Å². The average molecular weight is 241 g/mol. The smallest absolute Gasteiger partial charge is 0.320 e. The highest BCUT2D eigenvalue weighted by molar-refractivity contribution is 5.71. The van der Waals surface area contributed by atoms with Crippen molar-refractivity contribution in [1.29, 1.82) is 0 Å². The highest BCUT2D eigenvalue weighted by Gasteiger charge is 2.28. The van der Waals surface area contributed by atoms with Crippen LogP contribution < -0.4 is 5.32 Å². The molecule has 100 valence electrons. The summed E-state index contributed by atoms with van der Waals surface area (Å²) in [5, 5.41) is 3.16. The Labute approximate surface area is 105 Å². The minimum Gasteiger partial charge on any atom is -0.461 e. The lowest BCUT2D eigenvalue weighted by molar-refractivity contribution is -0.150. The molecule has 1 fully saturated rings. The Morgan fingerprint density at radius 1 is 1.41 bits per heavy atom. The van der Waals surface area contributed by atoms with Gasteiger partial charge in [-0.2, -0.15) is 0 Å². The topological polar surface area (TPSA) is 38.3 Å². The van der Waals surface area contributed by atoms with Crippen LogP contribution in [-0.2, 0) is 9.53 Å². The van der Waals surface area contributed by atoms with Crippen LogP contribution in [0.4, 0.5) is 0 Å². The zero-order valence-electron chi connectivity index (χ0n) is 11.7. The van der Waals surface area contributed by atoms with Gasteiger partial charge in [0.2, 0.25) is 0 Å². The van der Waals surface area contributed by atoms with Gasteiger partial charge in [-0.1, -0.05) is 20.8 Å². The van der Waals surface area contributed by atoms with Crippen molar-refractivity contribution in [2.45, 2.75) is 71.9 Å². The van der Waals surface area contributed by atoms with E-state index in [4.69, 9.17) is 4.74 Å². The summed E-state index contributed by atoms with van der Waals surface area (Å²) in [6.07, 6.45) is 5.52. The summed E-state index contributed by atoms with van der Waals surface area (Å²) in [6.45, 7) is 9.10. The summed E-state index contributed by atoms with van der Waals surface area (Å²) in [7, 11) is 0. The highest BCUT2D eigenvalue weighted by Crippen LogP contribution is 2.36. The van der Waals surface area contributed by atoms with Gasteiger partial charge in [0.05, 0.1) is 6.54 Å². The number of carbonyl (C=O) groups is 1. The molecule has 1 aliphatic rings. The third-order valence-electron chi connectivity index (χ3n) is 3.79. The molecule has 0 heterocycles. The molecule has 1 aliphatic carbocycles. The van der Waals surface area contributed by atoms with E-state index in [1.807, 2.05) is 0 Å². The third kappa shape index (κ3) is 5.53. The Morgan fingerprint density at radius 2 is 2.00 bits per heavy atom. The number of hydrogen-bond donors (Lipinski definition) is 1. The number of hydrogen-bond acceptors (Lipinski definition) is 3. The van der Waals surface area contributed by atoms with Crippen LogP contribution in [0, 0.1) is 5.41 Å². The number of esters is 1. The molecule has 1 atom stereocenters. The molecule has 1 unspecified atom stereocenters. The fourth-order valence-corrected chi connectivity index (χ4v) is 2.12. The van der Waals surface area contributed by atoms with Crippen LogP contribution in [0.5, 0.6) is 0 Å². The van der Waals surface area contributed by atoms with Gasteiger partial charge in [-0.3, -0.25) is 4.79 Å². The fourth-order valence-electron chi connectivity index (χ4n) is 2.12. The van der Waals surface area contributed by atoms with Crippen LogP contribution in [0.25, 0.3) is 0 Å². The molecule has 3 nitrogen and oxygen atoms in total. The van der Waals surface area contributed by atoms with Gasteiger partial charge in [0.15, 0.2) is 0 Å². The van der Waals surface area contributed by atoms with Crippen molar-refractivity contribution < 1.29 is 9.53 Å². The first-order valence-electron chi connectivity index (χ1n) is 6.86. The number of ether oxygens (including phenoxy) is 1. The molecule has 0 radical (unpaired) electrons. The van der Waals surface area contributed by atoms with Gasteiger partial charge < -0.3 is 10.1 Å². The maximum absolute atomic E-state index is 11.6. The highest BCUT2D eigenvalue weighted by atomic mass is 16.5. The zero-order valence-corrected chi connectivity index (χ0v) is 11.7. The largest absolute Gasteiger partial charge is 0.461 e. The van der Waals surface area contributed by atoms with Crippen LogP contribution in [0.2, 0.25) is 0 Å². The molecule has 0 bridgehead atoms. The summed E-state index contributed by atoms with van der Waals surface area (Å²) in [5.74, 6) is -0.102. The minimum atomic E-state index is -0.102. The standard InChI is InChI=1S/C14H27NO2/c1-5-11(2)15-10-13(16)17-12-6-8-14(3,4)9-7-12/h11-12,15H,5-10H2,1-4H3. The Kier molecular flexibility index (Phi) is 5.44. The molecule has 1 rings (SSSR count). The molecule has 0 aromatic rings. The molecule has 17 heavy (non-hydrogen) atoms. The molecular weight excluding hydrogens is 214 g/mol. The minimum absolute atomic E-state index is 0.102. The van der Waals surface area contributed by atoms with Gasteiger partial charge in [-0.05, 0) is 44.4 Å². The van der Waals surface area contributed by atoms with Crippen LogP contribution in [0.3, 0.4) is 0 Å². The van der Waals surface area contributed by atoms with E-state index in [1.54, 1.807) is 0 Å². The molecule has 0 aliphatic heterocycles. The first-order chi connectivity index (χ1) is 7.93. The fraction of sp³-hybridized carbons (Fsp3) is 0.929. The Bertz CT molecular complexity index is 241. The Hall–Kier alpha value is -0.570. The lowest BCUT2D eigenvalue weighted by Gasteiger charge is -2.33. The van der Waals surface area contributed by atoms with Crippen molar-refractivity contribution in [3.63, 3.8) is 0 Å². The molecule has 0 spiro atoms. The molecule has 3 heteroatoms. The van der Waals surface area contributed by atoms with E-state index in [2.05, 4.69) is 33.0 Å². The predicted octanol–water partition coefficient (Wildman–Crippen LogP) is 2.89. The lowest BCUT2D eigenvalue weighted by atomic mass is 9.76. The summed E-state index contributed by atoms with van der Waals surface area (Å²) < 4.78 is 5.48. The monoisotopic (exact) mass is 241 g/mol. The van der Waals surface area contributed by atoms with Gasteiger partial charge in [-0.15, -0.1) is 0 Å². The molecule has 0 saturated heterocycles. The molecule has 0 aromatic carbocycles. The third-order valence-corrected chi connectivity index (χ3v) is 3.79. The molecule has 0 amide bonds. The Balaban J connectivity index is 2.19. The van der Waals surface area contributed by atoms with E-state index in [0.717, 1.165) is 32.1 Å². The van der Waals surface area contributed by atoms with Crippen molar-refractivity contribution in [3.8, 4) is 0 Å². The second-order valence-electron chi connectivity index (χ2n) is 6.04. The van der Waals surface area contributed by atoms with Crippen molar-refractivity contribution in [3.05, 3.63) is 0 Å². The Morgan fingerprint density at radius 3 is 2.53 bits per heavy atom. The summed E-state index contributed by atoms with van der Waals surface area (Å²) in [6, 6.07) is 0.382. The van der Waals surface area contributed by atoms with Gasteiger partial charge in [0, 0.05) is 6.04 Å². The number of rotatable bonds is 5. The van der Waals surface area contributed by atoms with Gasteiger partial charge in [0.1, 0.15) is 6.10 Å². The quantitative estimate of drug-likeness (QED) is 0.752. The van der Waals surface area contributed by atoms with Gasteiger partial charge >= 0.3 is 5.97 Å². The van der Waals surface area contributed by atoms with Crippen molar-refractivity contribution in [2.75, 3.05) is 6.54 Å². The molecule has 1 saturated carbocycles. The SMILES string of the molecule is CCC(C)NCC(=O)OC1CCC(C)(C)CC1. The average Bonchev–Trinajstić information content (AvgIpc) is 2.29. The van der Waals surface area contributed by atoms with Crippen LogP contribution in [-0.4, -0.2) is 24.7 Å². The molecular formula is C14H27NO2. The molecule has 1 N–H and O–H groups in total.